The Bertz CT molecular complexity index is 872. The Kier molecular flexibility index (Phi) is 8.99. The molecule has 1 aliphatic heterocycles. The highest BCUT2D eigenvalue weighted by Crippen LogP contribution is 2.36. The molecule has 1 atom stereocenters. The molecule has 1 amide bonds. The van der Waals surface area contributed by atoms with Crippen molar-refractivity contribution in [3.05, 3.63) is 24.3 Å². The van der Waals surface area contributed by atoms with Gasteiger partial charge in [-0.3, -0.25) is 0 Å². The first-order valence-electron chi connectivity index (χ1n) is 13.0. The molecule has 0 spiro atoms. The molecule has 1 heterocycles. The van der Waals surface area contributed by atoms with Gasteiger partial charge in [-0.1, -0.05) is 12.1 Å². The molecule has 1 saturated carbocycles. The van der Waals surface area contributed by atoms with Crippen LogP contribution in [0.4, 0.5) is 4.79 Å². The number of amides is 1. The highest BCUT2D eigenvalue weighted by Gasteiger charge is 2.51. The Morgan fingerprint density at radius 2 is 1.64 bits per heavy atom. The monoisotopic (exact) mass is 503 g/mol. The van der Waals surface area contributed by atoms with Crippen molar-refractivity contribution in [2.45, 2.75) is 116 Å². The molecule has 0 unspecified atom stereocenters. The van der Waals surface area contributed by atoms with Crippen molar-refractivity contribution >= 4 is 24.6 Å². The second kappa shape index (κ2) is 11.4. The number of benzene rings is 1. The molecule has 8 nitrogen and oxygen atoms in total. The van der Waals surface area contributed by atoms with Crippen LogP contribution in [-0.4, -0.2) is 54.7 Å². The van der Waals surface area contributed by atoms with Crippen molar-refractivity contribution in [1.29, 1.82) is 0 Å². The van der Waals surface area contributed by atoms with Gasteiger partial charge in [-0.05, 0) is 105 Å². The Hall–Kier alpha value is -2.26. The van der Waals surface area contributed by atoms with E-state index in [-0.39, 0.29) is 6.10 Å². The van der Waals surface area contributed by atoms with Gasteiger partial charge in [-0.25, -0.2) is 9.59 Å². The molecule has 1 aromatic carbocycles. The molecule has 2 aliphatic rings. The van der Waals surface area contributed by atoms with E-state index in [1.54, 1.807) is 20.8 Å². The van der Waals surface area contributed by atoms with Gasteiger partial charge >= 0.3 is 19.2 Å². The van der Waals surface area contributed by atoms with Gasteiger partial charge in [0.25, 0.3) is 0 Å². The van der Waals surface area contributed by atoms with E-state index in [0.717, 1.165) is 31.1 Å². The summed E-state index contributed by atoms with van der Waals surface area (Å²) in [6, 6.07) is 6.85. The molecule has 3 rings (SSSR count). The molecule has 1 aromatic rings. The number of nitrogens with one attached hydrogen (secondary N) is 1. The zero-order valence-electron chi connectivity index (χ0n) is 22.8. The predicted molar refractivity (Wildman–Crippen MR) is 138 cm³/mol. The molecule has 0 bridgehead atoms. The van der Waals surface area contributed by atoms with Crippen LogP contribution in [0, 0.1) is 0 Å². The number of rotatable bonds is 9. The second-order valence-electron chi connectivity index (χ2n) is 11.7. The number of hydrogen-bond donors (Lipinski definition) is 1. The lowest BCUT2D eigenvalue weighted by Gasteiger charge is -2.32. The van der Waals surface area contributed by atoms with Crippen LogP contribution < -0.4 is 15.5 Å². The summed E-state index contributed by atoms with van der Waals surface area (Å²) < 4.78 is 29.0. The van der Waals surface area contributed by atoms with E-state index in [0.29, 0.717) is 25.2 Å². The highest BCUT2D eigenvalue weighted by atomic mass is 16.7. The molecule has 1 aliphatic carbocycles. The SMILES string of the molecule is CC(C)(C)OC(=O)N[C@@H](CCCOc1ccc(B2OC(C)(C)C(C)(C)O2)cc1)C(=O)OC1CCCC1. The maximum Gasteiger partial charge on any atom is 0.494 e. The van der Waals surface area contributed by atoms with Crippen molar-refractivity contribution in [2.75, 3.05) is 6.61 Å². The topological polar surface area (TPSA) is 92.3 Å². The van der Waals surface area contributed by atoms with Crippen molar-refractivity contribution in [1.82, 2.24) is 5.32 Å². The summed E-state index contributed by atoms with van der Waals surface area (Å²) in [7, 11) is -0.422. The van der Waals surface area contributed by atoms with E-state index in [1.165, 1.54) is 0 Å². The Labute approximate surface area is 215 Å². The summed E-state index contributed by atoms with van der Waals surface area (Å²) in [5.74, 6) is 0.292. The normalized spacial score (nSPS) is 20.1. The Balaban J connectivity index is 1.50. The number of hydrogen-bond acceptors (Lipinski definition) is 7. The third-order valence-corrected chi connectivity index (χ3v) is 6.87. The number of carbonyl (C=O) groups excluding carboxylic acids is 2. The van der Waals surface area contributed by atoms with Crippen LogP contribution in [-0.2, 0) is 23.6 Å². The molecular weight excluding hydrogens is 461 g/mol. The lowest BCUT2D eigenvalue weighted by atomic mass is 9.79. The van der Waals surface area contributed by atoms with Crippen molar-refractivity contribution in [2.24, 2.45) is 0 Å². The molecule has 9 heteroatoms. The van der Waals surface area contributed by atoms with Crippen LogP contribution in [0.25, 0.3) is 0 Å². The largest absolute Gasteiger partial charge is 0.494 e. The zero-order valence-corrected chi connectivity index (χ0v) is 22.8. The minimum atomic E-state index is -0.783. The lowest BCUT2D eigenvalue weighted by molar-refractivity contribution is -0.151. The summed E-state index contributed by atoms with van der Waals surface area (Å²) >= 11 is 0. The second-order valence-corrected chi connectivity index (χ2v) is 11.7. The molecule has 2 fully saturated rings. The van der Waals surface area contributed by atoms with E-state index >= 15 is 0 Å². The fraction of sp³-hybridized carbons (Fsp3) is 0.704. The van der Waals surface area contributed by atoms with Crippen molar-refractivity contribution in [3.63, 3.8) is 0 Å². The first-order chi connectivity index (χ1) is 16.8. The Morgan fingerprint density at radius 3 is 2.19 bits per heavy atom. The van der Waals surface area contributed by atoms with E-state index in [4.69, 9.17) is 23.5 Å². The smallest absolute Gasteiger partial charge is 0.494 e. The van der Waals surface area contributed by atoms with Gasteiger partial charge in [0.2, 0.25) is 0 Å². The zero-order chi connectivity index (χ0) is 26.6. The average Bonchev–Trinajstić information content (AvgIpc) is 3.34. The van der Waals surface area contributed by atoms with Crippen molar-refractivity contribution < 1.29 is 33.1 Å². The highest BCUT2D eigenvalue weighted by molar-refractivity contribution is 6.62. The van der Waals surface area contributed by atoms with Gasteiger partial charge in [0.1, 0.15) is 23.5 Å². The first-order valence-corrected chi connectivity index (χ1v) is 13.0. The summed E-state index contributed by atoms with van der Waals surface area (Å²) in [4.78, 5) is 25.1. The van der Waals surface area contributed by atoms with Crippen molar-refractivity contribution in [3.8, 4) is 5.75 Å². The maximum absolute atomic E-state index is 12.8. The minimum Gasteiger partial charge on any atom is -0.494 e. The quantitative estimate of drug-likeness (QED) is 0.301. The predicted octanol–water partition coefficient (Wildman–Crippen LogP) is 4.52. The number of alkyl carbamates (subject to hydrolysis) is 1. The molecule has 36 heavy (non-hydrogen) atoms. The minimum absolute atomic E-state index is 0.0702. The fourth-order valence-corrected chi connectivity index (χ4v) is 4.13. The van der Waals surface area contributed by atoms with Gasteiger partial charge < -0.3 is 28.8 Å². The van der Waals surface area contributed by atoms with Gasteiger partial charge in [-0.15, -0.1) is 0 Å². The van der Waals surface area contributed by atoms with Crippen LogP contribution >= 0.6 is 0 Å². The van der Waals surface area contributed by atoms with E-state index in [9.17, 15) is 9.59 Å². The van der Waals surface area contributed by atoms with E-state index < -0.39 is 42.0 Å². The summed E-state index contributed by atoms with van der Waals surface area (Å²) in [6.07, 6.45) is 4.10. The summed E-state index contributed by atoms with van der Waals surface area (Å²) in [5, 5.41) is 2.68. The van der Waals surface area contributed by atoms with Crippen LogP contribution in [0.3, 0.4) is 0 Å². The van der Waals surface area contributed by atoms with E-state index in [2.05, 4.69) is 5.32 Å². The molecule has 0 aromatic heterocycles. The van der Waals surface area contributed by atoms with Gasteiger partial charge in [-0.2, -0.15) is 0 Å². The van der Waals surface area contributed by atoms with E-state index in [1.807, 2.05) is 52.0 Å². The third kappa shape index (κ3) is 7.87. The summed E-state index contributed by atoms with van der Waals surface area (Å²) in [5.41, 5.74) is -0.512. The lowest BCUT2D eigenvalue weighted by Crippen LogP contribution is -2.45. The number of ether oxygens (including phenoxy) is 3. The van der Waals surface area contributed by atoms with Crippen LogP contribution in [0.1, 0.15) is 87.0 Å². The van der Waals surface area contributed by atoms with Gasteiger partial charge in [0.15, 0.2) is 0 Å². The first kappa shape index (κ1) is 28.3. The molecular formula is C27H42BNO7. The third-order valence-electron chi connectivity index (χ3n) is 6.87. The van der Waals surface area contributed by atoms with Crippen LogP contribution in [0.5, 0.6) is 5.75 Å². The maximum atomic E-state index is 12.8. The van der Waals surface area contributed by atoms with Gasteiger partial charge in [0, 0.05) is 0 Å². The number of carbonyl (C=O) groups is 2. The standard InChI is InChI=1S/C27H42BNO7/c1-25(2,3)34-24(31)29-22(23(30)33-21-11-8-9-12-21)13-10-18-32-20-16-14-19(15-17-20)28-35-26(4,5)27(6,7)36-28/h14-17,21-22H,8-13,18H2,1-7H3,(H,29,31)/t22-/m0/s1. The fourth-order valence-electron chi connectivity index (χ4n) is 4.13. The van der Waals surface area contributed by atoms with Gasteiger partial charge in [0.05, 0.1) is 17.8 Å². The molecule has 200 valence electrons. The average molecular weight is 503 g/mol. The molecule has 1 saturated heterocycles. The molecule has 0 radical (unpaired) electrons. The number of esters is 1. The molecule has 1 N–H and O–H groups in total. The van der Waals surface area contributed by atoms with Crippen LogP contribution in [0.2, 0.25) is 0 Å². The van der Waals surface area contributed by atoms with Crippen LogP contribution in [0.15, 0.2) is 24.3 Å². The Morgan fingerprint density at radius 1 is 1.06 bits per heavy atom. The summed E-state index contributed by atoms with van der Waals surface area (Å²) in [6.45, 7) is 13.8.